The summed E-state index contributed by atoms with van der Waals surface area (Å²) >= 11 is 0. The normalized spacial score (nSPS) is 21.1. The van der Waals surface area contributed by atoms with Crippen LogP contribution in [-0.4, -0.2) is 40.8 Å². The number of ketones is 2. The van der Waals surface area contributed by atoms with Gasteiger partial charge in [0.15, 0.2) is 5.78 Å². The second kappa shape index (κ2) is 8.55. The minimum absolute atomic E-state index is 0.120. The first kappa shape index (κ1) is 21.9. The number of hydrogen-bond donors (Lipinski definition) is 1. The van der Waals surface area contributed by atoms with Crippen LogP contribution in [0.25, 0.3) is 0 Å². The zero-order valence-electron chi connectivity index (χ0n) is 16.1. The van der Waals surface area contributed by atoms with Crippen LogP contribution in [0.15, 0.2) is 23.5 Å². The number of esters is 1. The lowest BCUT2D eigenvalue weighted by molar-refractivity contribution is -0.143. The smallest absolute Gasteiger partial charge is 0.433 e. The zero-order chi connectivity index (χ0) is 22.1. The summed E-state index contributed by atoms with van der Waals surface area (Å²) in [6.45, 7) is 0.481. The second-order valence-corrected chi connectivity index (χ2v) is 7.24. The number of carbonyl (C=O) groups excluding carboxylic acids is 3. The van der Waals surface area contributed by atoms with Gasteiger partial charge in [-0.1, -0.05) is 0 Å². The average molecular weight is 427 g/mol. The third-order valence-electron chi connectivity index (χ3n) is 5.20. The number of fused-ring (bicyclic) bond motifs is 2. The average Bonchev–Trinajstić information content (AvgIpc) is 3.12. The molecule has 0 saturated heterocycles. The van der Waals surface area contributed by atoms with Crippen molar-refractivity contribution in [3.8, 4) is 0 Å². The highest BCUT2D eigenvalue weighted by atomic mass is 19.4. The number of ether oxygens (including phenoxy) is 2. The van der Waals surface area contributed by atoms with Gasteiger partial charge in [0.1, 0.15) is 23.6 Å². The molecule has 30 heavy (non-hydrogen) atoms. The molecular formula is C20H20F3NO6. The molecule has 162 valence electrons. The van der Waals surface area contributed by atoms with Gasteiger partial charge in [-0.05, 0) is 31.4 Å². The standard InChI is InChI=1S/C20H20F3NO6/c1-10(25)30-7-6-29-9-14-13(4-5-15(24-14)20(21,22)23)19(28)16-17(26)11-2-3-12(8-11)18(16)27/h4-5,11-12,26H,2-3,6-9H2,1H3. The van der Waals surface area contributed by atoms with E-state index < -0.39 is 36.0 Å². The van der Waals surface area contributed by atoms with Crippen molar-refractivity contribution in [3.05, 3.63) is 40.4 Å². The molecule has 2 aliphatic rings. The monoisotopic (exact) mass is 427 g/mol. The number of nitrogens with zero attached hydrogens (tertiary/aromatic N) is 1. The van der Waals surface area contributed by atoms with E-state index >= 15 is 0 Å². The van der Waals surface area contributed by atoms with Crippen molar-refractivity contribution in [2.75, 3.05) is 13.2 Å². The van der Waals surface area contributed by atoms with Crippen LogP contribution in [0.1, 0.15) is 47.9 Å². The predicted octanol–water partition coefficient (Wildman–Crippen LogP) is 3.17. The molecule has 3 rings (SSSR count). The van der Waals surface area contributed by atoms with Gasteiger partial charge in [-0.2, -0.15) is 13.2 Å². The molecule has 0 aromatic carbocycles. The van der Waals surface area contributed by atoms with E-state index in [1.54, 1.807) is 0 Å². The van der Waals surface area contributed by atoms with Crippen LogP contribution < -0.4 is 0 Å². The third-order valence-corrected chi connectivity index (χ3v) is 5.20. The number of halogens is 3. The van der Waals surface area contributed by atoms with Gasteiger partial charge in [0.25, 0.3) is 0 Å². The molecule has 1 aromatic heterocycles. The summed E-state index contributed by atoms with van der Waals surface area (Å²) in [5.41, 5.74) is -2.15. The molecular weight excluding hydrogens is 407 g/mol. The van der Waals surface area contributed by atoms with Gasteiger partial charge in [-0.25, -0.2) is 4.98 Å². The number of alkyl halides is 3. The Labute approximate surface area is 169 Å². The molecule has 1 N–H and O–H groups in total. The Morgan fingerprint density at radius 1 is 1.20 bits per heavy atom. The molecule has 2 bridgehead atoms. The van der Waals surface area contributed by atoms with Gasteiger partial charge >= 0.3 is 12.1 Å². The first-order valence-electron chi connectivity index (χ1n) is 9.39. The van der Waals surface area contributed by atoms with Crippen molar-refractivity contribution in [1.29, 1.82) is 0 Å². The highest BCUT2D eigenvalue weighted by Gasteiger charge is 2.44. The molecule has 2 aliphatic carbocycles. The number of aromatic nitrogens is 1. The lowest BCUT2D eigenvalue weighted by Gasteiger charge is -2.21. The Balaban J connectivity index is 1.89. The van der Waals surface area contributed by atoms with E-state index in [2.05, 4.69) is 9.72 Å². The minimum Gasteiger partial charge on any atom is -0.511 e. The SMILES string of the molecule is CC(=O)OCCOCc1nc(C(F)(F)F)ccc1C(=O)C1=C(O)C2CCC(C2)C1=O. The van der Waals surface area contributed by atoms with Crippen LogP contribution >= 0.6 is 0 Å². The summed E-state index contributed by atoms with van der Waals surface area (Å²) in [5, 5.41) is 10.4. The van der Waals surface area contributed by atoms with Gasteiger partial charge in [-0.3, -0.25) is 14.4 Å². The molecule has 1 heterocycles. The predicted molar refractivity (Wildman–Crippen MR) is 95.4 cm³/mol. The molecule has 1 fully saturated rings. The topological polar surface area (TPSA) is 103 Å². The Morgan fingerprint density at radius 2 is 1.90 bits per heavy atom. The number of aliphatic hydroxyl groups excluding tert-OH is 1. The number of hydrogen-bond acceptors (Lipinski definition) is 7. The van der Waals surface area contributed by atoms with Crippen molar-refractivity contribution in [1.82, 2.24) is 4.98 Å². The first-order chi connectivity index (χ1) is 14.1. The molecule has 0 radical (unpaired) electrons. The molecule has 0 amide bonds. The number of Topliss-reactive ketones (excluding diaryl/α,β-unsaturated/α-hetero) is 2. The number of aliphatic hydroxyl groups is 1. The van der Waals surface area contributed by atoms with E-state index in [9.17, 15) is 32.7 Å². The van der Waals surface area contributed by atoms with Crippen molar-refractivity contribution in [3.63, 3.8) is 0 Å². The summed E-state index contributed by atoms with van der Waals surface area (Å²) in [5.74, 6) is -2.87. The van der Waals surface area contributed by atoms with Crippen LogP contribution in [0.3, 0.4) is 0 Å². The van der Waals surface area contributed by atoms with Gasteiger partial charge in [0, 0.05) is 24.3 Å². The van der Waals surface area contributed by atoms with E-state index in [0.29, 0.717) is 25.3 Å². The van der Waals surface area contributed by atoms with Gasteiger partial charge in [-0.15, -0.1) is 0 Å². The summed E-state index contributed by atoms with van der Waals surface area (Å²) in [7, 11) is 0. The van der Waals surface area contributed by atoms with Crippen LogP contribution in [0, 0.1) is 11.8 Å². The van der Waals surface area contributed by atoms with Crippen molar-refractivity contribution in [2.24, 2.45) is 11.8 Å². The summed E-state index contributed by atoms with van der Waals surface area (Å²) in [6.07, 6.45) is -3.13. The van der Waals surface area contributed by atoms with E-state index in [0.717, 1.165) is 6.07 Å². The Kier molecular flexibility index (Phi) is 6.25. The van der Waals surface area contributed by atoms with Crippen LogP contribution in [0.2, 0.25) is 0 Å². The summed E-state index contributed by atoms with van der Waals surface area (Å²) in [6, 6.07) is 1.59. The molecule has 0 spiro atoms. The Bertz CT molecular complexity index is 908. The van der Waals surface area contributed by atoms with Crippen LogP contribution in [-0.2, 0) is 31.8 Å². The van der Waals surface area contributed by atoms with Crippen LogP contribution in [0.4, 0.5) is 13.2 Å². The summed E-state index contributed by atoms with van der Waals surface area (Å²) < 4.78 is 49.1. The molecule has 1 saturated carbocycles. The maximum absolute atomic E-state index is 13.1. The van der Waals surface area contributed by atoms with Gasteiger partial charge < -0.3 is 14.6 Å². The fourth-order valence-corrected chi connectivity index (χ4v) is 3.75. The number of rotatable bonds is 7. The van der Waals surface area contributed by atoms with Crippen LogP contribution in [0.5, 0.6) is 0 Å². The molecule has 2 unspecified atom stereocenters. The lowest BCUT2D eigenvalue weighted by atomic mass is 9.83. The lowest BCUT2D eigenvalue weighted by Crippen LogP contribution is -2.28. The highest BCUT2D eigenvalue weighted by molar-refractivity contribution is 6.28. The van der Waals surface area contributed by atoms with E-state index in [1.807, 2.05) is 0 Å². The quantitative estimate of drug-likeness (QED) is 0.309. The van der Waals surface area contributed by atoms with E-state index in [-0.39, 0.29) is 47.6 Å². The molecule has 0 aliphatic heterocycles. The zero-order valence-corrected chi connectivity index (χ0v) is 16.1. The largest absolute Gasteiger partial charge is 0.511 e. The fourth-order valence-electron chi connectivity index (χ4n) is 3.75. The highest BCUT2D eigenvalue weighted by Crippen LogP contribution is 2.43. The van der Waals surface area contributed by atoms with E-state index in [4.69, 9.17) is 4.74 Å². The van der Waals surface area contributed by atoms with Gasteiger partial charge in [0.05, 0.1) is 18.9 Å². The maximum atomic E-state index is 13.1. The van der Waals surface area contributed by atoms with Crippen molar-refractivity contribution < 1.29 is 42.1 Å². The Morgan fingerprint density at radius 3 is 2.57 bits per heavy atom. The Hall–Kier alpha value is -2.75. The molecule has 10 heteroatoms. The maximum Gasteiger partial charge on any atom is 0.433 e. The number of allylic oxidation sites excluding steroid dienone is 2. The third kappa shape index (κ3) is 4.53. The number of pyridine rings is 1. The summed E-state index contributed by atoms with van der Waals surface area (Å²) in [4.78, 5) is 39.9. The molecule has 7 nitrogen and oxygen atoms in total. The first-order valence-corrected chi connectivity index (χ1v) is 9.39. The van der Waals surface area contributed by atoms with Crippen molar-refractivity contribution in [2.45, 2.75) is 39.0 Å². The number of carbonyl (C=O) groups is 3. The van der Waals surface area contributed by atoms with E-state index in [1.165, 1.54) is 6.92 Å². The second-order valence-electron chi connectivity index (χ2n) is 7.24. The molecule has 2 atom stereocenters. The minimum atomic E-state index is -4.74. The van der Waals surface area contributed by atoms with Gasteiger partial charge in [0.2, 0.25) is 5.78 Å². The van der Waals surface area contributed by atoms with Crippen molar-refractivity contribution >= 4 is 17.5 Å². The fraction of sp³-hybridized carbons (Fsp3) is 0.500. The molecule has 1 aromatic rings.